The van der Waals surface area contributed by atoms with Gasteiger partial charge in [-0.1, -0.05) is 6.07 Å². The molecule has 3 heterocycles. The summed E-state index contributed by atoms with van der Waals surface area (Å²) >= 11 is 0. The predicted octanol–water partition coefficient (Wildman–Crippen LogP) is 3.35. The Morgan fingerprint density at radius 2 is 1.91 bits per heavy atom. The van der Waals surface area contributed by atoms with E-state index in [2.05, 4.69) is 35.8 Å². The van der Waals surface area contributed by atoms with Crippen LogP contribution in [-0.2, 0) is 0 Å². The van der Waals surface area contributed by atoms with Crippen LogP contribution in [0, 0.1) is 5.82 Å². The van der Waals surface area contributed by atoms with E-state index in [1.54, 1.807) is 24.5 Å². The van der Waals surface area contributed by atoms with Gasteiger partial charge in [-0.25, -0.2) is 19.3 Å². The van der Waals surface area contributed by atoms with Gasteiger partial charge in [-0.05, 0) is 50.2 Å². The first-order chi connectivity index (χ1) is 15.9. The second kappa shape index (κ2) is 9.30. The molecule has 3 aromatic heterocycles. The molecule has 4 aromatic rings. The molecule has 0 aliphatic rings. The number of hydrogen-bond donors (Lipinski definition) is 2. The molecule has 0 saturated heterocycles. The third kappa shape index (κ3) is 4.87. The number of pyridine rings is 1. The van der Waals surface area contributed by atoms with Crippen LogP contribution in [0.3, 0.4) is 0 Å². The fourth-order valence-electron chi connectivity index (χ4n) is 3.01. The van der Waals surface area contributed by atoms with Crippen molar-refractivity contribution in [3.63, 3.8) is 0 Å². The summed E-state index contributed by atoms with van der Waals surface area (Å²) < 4.78 is 16.2. The molecule has 0 aliphatic carbocycles. The molecule has 2 amide bonds. The number of halogens is 1. The lowest BCUT2D eigenvalue weighted by Crippen LogP contribution is -2.17. The molecule has 0 radical (unpaired) electrons. The van der Waals surface area contributed by atoms with Crippen LogP contribution in [0.1, 0.15) is 40.7 Å². The maximum atomic E-state index is 14.4. The molecule has 0 atom stereocenters. The van der Waals surface area contributed by atoms with Gasteiger partial charge >= 0.3 is 0 Å². The summed E-state index contributed by atoms with van der Waals surface area (Å²) in [7, 11) is 0. The Bertz CT molecular complexity index is 1310. The predicted molar refractivity (Wildman–Crippen MR) is 118 cm³/mol. The SMILES string of the molecule is CC(C)n1cnnc1-c1cccc(NC(=O)c2cc(NC(=O)c3ccncn3)ccc2F)n1. The van der Waals surface area contributed by atoms with Crippen molar-refractivity contribution in [1.82, 2.24) is 29.7 Å². The van der Waals surface area contributed by atoms with E-state index in [-0.39, 0.29) is 28.8 Å². The average Bonchev–Trinajstić information content (AvgIpc) is 3.31. The molecule has 10 nitrogen and oxygen atoms in total. The van der Waals surface area contributed by atoms with Gasteiger partial charge in [0.1, 0.15) is 35.7 Å². The minimum Gasteiger partial charge on any atom is -0.321 e. The van der Waals surface area contributed by atoms with Crippen LogP contribution < -0.4 is 10.6 Å². The van der Waals surface area contributed by atoms with Crippen molar-refractivity contribution < 1.29 is 14.0 Å². The number of aromatic nitrogens is 6. The van der Waals surface area contributed by atoms with Crippen LogP contribution in [-0.4, -0.2) is 41.5 Å². The minimum atomic E-state index is -0.747. The average molecular weight is 446 g/mol. The maximum Gasteiger partial charge on any atom is 0.274 e. The van der Waals surface area contributed by atoms with Crippen LogP contribution in [0.2, 0.25) is 0 Å². The first kappa shape index (κ1) is 21.7. The molecule has 0 unspecified atom stereocenters. The molecule has 0 fully saturated rings. The Kier molecular flexibility index (Phi) is 6.11. The van der Waals surface area contributed by atoms with Crippen LogP contribution in [0.5, 0.6) is 0 Å². The highest BCUT2D eigenvalue weighted by Crippen LogP contribution is 2.21. The smallest absolute Gasteiger partial charge is 0.274 e. The zero-order valence-corrected chi connectivity index (χ0v) is 17.7. The van der Waals surface area contributed by atoms with E-state index in [1.165, 1.54) is 30.7 Å². The number of anilines is 2. The monoisotopic (exact) mass is 446 g/mol. The second-order valence-corrected chi connectivity index (χ2v) is 7.26. The fourth-order valence-corrected chi connectivity index (χ4v) is 3.01. The van der Waals surface area contributed by atoms with Crippen molar-refractivity contribution in [2.75, 3.05) is 10.6 Å². The normalized spacial score (nSPS) is 10.8. The van der Waals surface area contributed by atoms with Gasteiger partial charge in [-0.2, -0.15) is 0 Å². The highest BCUT2D eigenvalue weighted by molar-refractivity contribution is 6.06. The highest BCUT2D eigenvalue weighted by atomic mass is 19.1. The lowest BCUT2D eigenvalue weighted by molar-refractivity contribution is 0.101. The van der Waals surface area contributed by atoms with Gasteiger partial charge in [0.2, 0.25) is 0 Å². The lowest BCUT2D eigenvalue weighted by atomic mass is 10.1. The van der Waals surface area contributed by atoms with E-state index in [0.717, 1.165) is 6.07 Å². The third-order valence-electron chi connectivity index (χ3n) is 4.63. The highest BCUT2D eigenvalue weighted by Gasteiger charge is 2.17. The van der Waals surface area contributed by atoms with Crippen molar-refractivity contribution in [3.05, 3.63) is 78.4 Å². The third-order valence-corrected chi connectivity index (χ3v) is 4.63. The fraction of sp³-hybridized carbons (Fsp3) is 0.136. The largest absolute Gasteiger partial charge is 0.321 e. The molecule has 0 aliphatic heterocycles. The van der Waals surface area contributed by atoms with Gasteiger partial charge in [0, 0.05) is 17.9 Å². The molecule has 33 heavy (non-hydrogen) atoms. The van der Waals surface area contributed by atoms with Crippen LogP contribution >= 0.6 is 0 Å². The molecular weight excluding hydrogens is 427 g/mol. The standard InChI is InChI=1S/C22H19FN8O2/c1-13(2)31-12-26-30-20(31)17-4-3-5-19(28-17)29-21(32)15-10-14(6-7-16(15)23)27-22(33)18-8-9-24-11-25-18/h3-13H,1-2H3,(H,27,33)(H,28,29,32). The number of benzene rings is 1. The summed E-state index contributed by atoms with van der Waals surface area (Å²) in [5, 5.41) is 13.2. The summed E-state index contributed by atoms with van der Waals surface area (Å²) in [6, 6.07) is 10.3. The zero-order valence-electron chi connectivity index (χ0n) is 17.7. The number of carbonyl (C=O) groups excluding carboxylic acids is 2. The van der Waals surface area contributed by atoms with Crippen molar-refractivity contribution in [3.8, 4) is 11.5 Å². The van der Waals surface area contributed by atoms with Crippen LogP contribution in [0.25, 0.3) is 11.5 Å². The van der Waals surface area contributed by atoms with E-state index in [0.29, 0.717) is 11.5 Å². The molecule has 11 heteroatoms. The molecule has 0 saturated carbocycles. The Morgan fingerprint density at radius 1 is 1.06 bits per heavy atom. The molecule has 4 rings (SSSR count). The topological polar surface area (TPSA) is 128 Å². The number of amides is 2. The number of carbonyl (C=O) groups is 2. The zero-order chi connectivity index (χ0) is 23.4. The Balaban J connectivity index is 1.54. The van der Waals surface area contributed by atoms with E-state index in [4.69, 9.17) is 0 Å². The molecule has 1 aromatic carbocycles. The van der Waals surface area contributed by atoms with Gasteiger partial charge in [0.25, 0.3) is 11.8 Å². The van der Waals surface area contributed by atoms with Crippen molar-refractivity contribution in [2.45, 2.75) is 19.9 Å². The number of nitrogens with zero attached hydrogens (tertiary/aromatic N) is 6. The molecule has 0 bridgehead atoms. The first-order valence-corrected chi connectivity index (χ1v) is 9.97. The van der Waals surface area contributed by atoms with E-state index in [1.807, 2.05) is 18.4 Å². The summed E-state index contributed by atoms with van der Waals surface area (Å²) in [5.74, 6) is -1.23. The van der Waals surface area contributed by atoms with Gasteiger partial charge in [-0.3, -0.25) is 9.59 Å². The maximum absolute atomic E-state index is 14.4. The van der Waals surface area contributed by atoms with Crippen LogP contribution in [0.4, 0.5) is 15.9 Å². The quantitative estimate of drug-likeness (QED) is 0.465. The number of rotatable bonds is 6. The summed E-state index contributed by atoms with van der Waals surface area (Å²) in [4.78, 5) is 37.0. The molecule has 0 spiro atoms. The van der Waals surface area contributed by atoms with E-state index >= 15 is 0 Å². The van der Waals surface area contributed by atoms with Crippen molar-refractivity contribution >= 4 is 23.3 Å². The van der Waals surface area contributed by atoms with E-state index < -0.39 is 17.6 Å². The lowest BCUT2D eigenvalue weighted by Gasteiger charge is -2.11. The minimum absolute atomic E-state index is 0.115. The number of hydrogen-bond acceptors (Lipinski definition) is 7. The first-order valence-electron chi connectivity index (χ1n) is 9.97. The van der Waals surface area contributed by atoms with Crippen LogP contribution in [0.15, 0.2) is 61.3 Å². The number of nitrogens with one attached hydrogen (secondary N) is 2. The summed E-state index contributed by atoms with van der Waals surface area (Å²) in [6.45, 7) is 3.97. The summed E-state index contributed by atoms with van der Waals surface area (Å²) in [6.07, 6.45) is 4.27. The Labute approximate surface area is 188 Å². The Morgan fingerprint density at radius 3 is 2.67 bits per heavy atom. The van der Waals surface area contributed by atoms with Gasteiger partial charge in [0.15, 0.2) is 5.82 Å². The second-order valence-electron chi connectivity index (χ2n) is 7.26. The molecule has 166 valence electrons. The Hall–Kier alpha value is -4.54. The van der Waals surface area contributed by atoms with Gasteiger partial charge in [-0.15, -0.1) is 10.2 Å². The van der Waals surface area contributed by atoms with Gasteiger partial charge < -0.3 is 15.2 Å². The summed E-state index contributed by atoms with van der Waals surface area (Å²) in [5.41, 5.74) is 0.617. The molecular formula is C22H19FN8O2. The van der Waals surface area contributed by atoms with Crippen molar-refractivity contribution in [2.24, 2.45) is 0 Å². The van der Waals surface area contributed by atoms with E-state index in [9.17, 15) is 14.0 Å². The molecule has 2 N–H and O–H groups in total. The van der Waals surface area contributed by atoms with Gasteiger partial charge in [0.05, 0.1) is 5.56 Å². The van der Waals surface area contributed by atoms with Crippen molar-refractivity contribution in [1.29, 1.82) is 0 Å².